The summed E-state index contributed by atoms with van der Waals surface area (Å²) in [5.74, 6) is 1.68. The third kappa shape index (κ3) is 4.72. The van der Waals surface area contributed by atoms with Crippen molar-refractivity contribution in [2.75, 3.05) is 13.2 Å². The van der Waals surface area contributed by atoms with Gasteiger partial charge in [0.05, 0.1) is 6.54 Å². The maximum atomic E-state index is 10.6. The van der Waals surface area contributed by atoms with Crippen LogP contribution >= 0.6 is 0 Å². The Bertz CT molecular complexity index is 1150. The Morgan fingerprint density at radius 3 is 2.70 bits per heavy atom. The number of nitrogens with zero attached hydrogens (tertiary/aromatic N) is 4. The standard InChI is InChI=1S/C24H31N5O4/c1-6-29-18-13-24(4,5)8-7-17(18)19(27-29)21-26-22(33-28-21)16-11-14(2)20(15(3)12-16)32-10-9-25-23(30)31/h11-12,25H,6-10,13H2,1-5H3,(H,30,31). The molecule has 2 aromatic heterocycles. The molecule has 0 saturated heterocycles. The highest BCUT2D eigenvalue weighted by atomic mass is 16.5. The highest BCUT2D eigenvalue weighted by Gasteiger charge is 2.32. The summed E-state index contributed by atoms with van der Waals surface area (Å²) >= 11 is 0. The average Bonchev–Trinajstić information content (AvgIpc) is 3.36. The normalized spacial score (nSPS) is 14.7. The highest BCUT2D eigenvalue weighted by molar-refractivity contribution is 5.65. The lowest BCUT2D eigenvalue weighted by atomic mass is 9.76. The highest BCUT2D eigenvalue weighted by Crippen LogP contribution is 2.39. The topological polar surface area (TPSA) is 115 Å². The van der Waals surface area contributed by atoms with Crippen LogP contribution in [-0.2, 0) is 19.4 Å². The number of rotatable bonds is 7. The second-order valence-corrected chi connectivity index (χ2v) is 9.37. The molecule has 9 nitrogen and oxygen atoms in total. The van der Waals surface area contributed by atoms with Crippen molar-refractivity contribution in [2.24, 2.45) is 5.41 Å². The van der Waals surface area contributed by atoms with Crippen LogP contribution in [0.1, 0.15) is 49.6 Å². The first-order valence-electron chi connectivity index (χ1n) is 11.3. The minimum Gasteiger partial charge on any atom is -0.491 e. The molecular weight excluding hydrogens is 422 g/mol. The molecule has 4 rings (SSSR count). The van der Waals surface area contributed by atoms with Crippen LogP contribution in [0, 0.1) is 19.3 Å². The van der Waals surface area contributed by atoms with Crippen LogP contribution in [-0.4, -0.2) is 44.3 Å². The van der Waals surface area contributed by atoms with E-state index in [1.54, 1.807) is 0 Å². The Morgan fingerprint density at radius 1 is 1.30 bits per heavy atom. The molecule has 1 aliphatic rings. The molecule has 1 amide bonds. The Balaban J connectivity index is 1.58. The van der Waals surface area contributed by atoms with Crippen LogP contribution < -0.4 is 10.1 Å². The van der Waals surface area contributed by atoms with E-state index in [1.165, 1.54) is 11.3 Å². The maximum Gasteiger partial charge on any atom is 0.404 e. The van der Waals surface area contributed by atoms with Gasteiger partial charge in [-0.2, -0.15) is 10.1 Å². The summed E-state index contributed by atoms with van der Waals surface area (Å²) < 4.78 is 13.5. The molecule has 0 saturated carbocycles. The average molecular weight is 454 g/mol. The number of benzene rings is 1. The summed E-state index contributed by atoms with van der Waals surface area (Å²) in [7, 11) is 0. The van der Waals surface area contributed by atoms with Gasteiger partial charge in [-0.25, -0.2) is 4.79 Å². The Kier molecular flexibility index (Phi) is 6.14. The van der Waals surface area contributed by atoms with E-state index in [0.717, 1.165) is 53.9 Å². The summed E-state index contributed by atoms with van der Waals surface area (Å²) in [5, 5.41) is 20.0. The van der Waals surface area contributed by atoms with E-state index in [-0.39, 0.29) is 18.6 Å². The first-order chi connectivity index (χ1) is 15.7. The van der Waals surface area contributed by atoms with Crippen LogP contribution in [0.5, 0.6) is 5.75 Å². The number of hydrogen-bond acceptors (Lipinski definition) is 6. The van der Waals surface area contributed by atoms with E-state index in [9.17, 15) is 4.79 Å². The first-order valence-corrected chi connectivity index (χ1v) is 11.3. The van der Waals surface area contributed by atoms with Gasteiger partial charge in [0, 0.05) is 23.4 Å². The fraction of sp³-hybridized carbons (Fsp3) is 0.500. The molecule has 2 heterocycles. The number of hydrogen-bond donors (Lipinski definition) is 2. The molecule has 0 bridgehead atoms. The summed E-state index contributed by atoms with van der Waals surface area (Å²) in [6, 6.07) is 3.87. The molecule has 0 spiro atoms. The largest absolute Gasteiger partial charge is 0.491 e. The molecule has 2 N–H and O–H groups in total. The number of carboxylic acid groups (broad SMARTS) is 1. The fourth-order valence-corrected chi connectivity index (χ4v) is 4.49. The van der Waals surface area contributed by atoms with E-state index in [1.807, 2.05) is 26.0 Å². The second kappa shape index (κ2) is 8.88. The van der Waals surface area contributed by atoms with Gasteiger partial charge < -0.3 is 19.7 Å². The van der Waals surface area contributed by atoms with Crippen molar-refractivity contribution in [2.45, 2.75) is 60.4 Å². The lowest BCUT2D eigenvalue weighted by Gasteiger charge is -2.30. The number of nitrogens with one attached hydrogen (secondary N) is 1. The minimum atomic E-state index is -1.07. The van der Waals surface area contributed by atoms with Gasteiger partial charge in [0.15, 0.2) is 0 Å². The van der Waals surface area contributed by atoms with E-state index in [2.05, 4.69) is 40.9 Å². The number of amides is 1. The summed E-state index contributed by atoms with van der Waals surface area (Å²) in [6.45, 7) is 11.9. The molecule has 0 atom stereocenters. The van der Waals surface area contributed by atoms with Crippen molar-refractivity contribution < 1.29 is 19.2 Å². The molecule has 33 heavy (non-hydrogen) atoms. The molecule has 1 aromatic carbocycles. The third-order valence-electron chi connectivity index (χ3n) is 6.13. The van der Waals surface area contributed by atoms with Gasteiger partial charge >= 0.3 is 6.09 Å². The Morgan fingerprint density at radius 2 is 2.03 bits per heavy atom. The lowest BCUT2D eigenvalue weighted by Crippen LogP contribution is -2.26. The monoisotopic (exact) mass is 453 g/mol. The van der Waals surface area contributed by atoms with Gasteiger partial charge in [-0.15, -0.1) is 0 Å². The van der Waals surface area contributed by atoms with E-state index in [0.29, 0.717) is 11.7 Å². The van der Waals surface area contributed by atoms with Crippen LogP contribution in [0.2, 0.25) is 0 Å². The molecule has 0 radical (unpaired) electrons. The van der Waals surface area contributed by atoms with Gasteiger partial charge in [0.25, 0.3) is 5.89 Å². The minimum absolute atomic E-state index is 0.217. The Labute approximate surface area is 193 Å². The number of aryl methyl sites for hydroxylation is 3. The molecule has 176 valence electrons. The number of carbonyl (C=O) groups is 1. The molecule has 3 aromatic rings. The molecule has 0 aliphatic heterocycles. The molecule has 9 heteroatoms. The van der Waals surface area contributed by atoms with Gasteiger partial charge in [-0.3, -0.25) is 4.68 Å². The third-order valence-corrected chi connectivity index (χ3v) is 6.13. The quantitative estimate of drug-likeness (QED) is 0.510. The summed E-state index contributed by atoms with van der Waals surface area (Å²) in [4.78, 5) is 15.3. The van der Waals surface area contributed by atoms with Crippen LogP contribution in [0.3, 0.4) is 0 Å². The molecule has 1 aliphatic carbocycles. The smallest absolute Gasteiger partial charge is 0.404 e. The number of fused-ring (bicyclic) bond motifs is 1. The summed E-state index contributed by atoms with van der Waals surface area (Å²) in [6.07, 6.45) is 2.00. The zero-order valence-corrected chi connectivity index (χ0v) is 19.9. The fourth-order valence-electron chi connectivity index (χ4n) is 4.49. The van der Waals surface area contributed by atoms with Crippen molar-refractivity contribution >= 4 is 6.09 Å². The first kappa shape index (κ1) is 22.8. The SMILES string of the molecule is CCn1nc(-c2noc(-c3cc(C)c(OCCNC(=O)O)c(C)c3)n2)c2c1CC(C)(C)CC2. The van der Waals surface area contributed by atoms with Crippen molar-refractivity contribution in [1.29, 1.82) is 0 Å². The van der Waals surface area contributed by atoms with Crippen molar-refractivity contribution in [3.05, 3.63) is 34.5 Å². The van der Waals surface area contributed by atoms with Crippen LogP contribution in [0.4, 0.5) is 4.79 Å². The predicted molar refractivity (Wildman–Crippen MR) is 123 cm³/mol. The number of aromatic nitrogens is 4. The predicted octanol–water partition coefficient (Wildman–Crippen LogP) is 4.40. The zero-order chi connectivity index (χ0) is 23.8. The van der Waals surface area contributed by atoms with Gasteiger partial charge in [-0.1, -0.05) is 19.0 Å². The molecule has 0 fully saturated rings. The number of ether oxygens (including phenoxy) is 1. The Hall–Kier alpha value is -3.36. The van der Waals surface area contributed by atoms with Crippen molar-refractivity contribution in [1.82, 2.24) is 25.2 Å². The van der Waals surface area contributed by atoms with E-state index in [4.69, 9.17) is 19.5 Å². The van der Waals surface area contributed by atoms with Crippen LogP contribution in [0.15, 0.2) is 16.7 Å². The summed E-state index contributed by atoms with van der Waals surface area (Å²) in [5.41, 5.74) is 6.23. The maximum absolute atomic E-state index is 10.6. The van der Waals surface area contributed by atoms with Crippen molar-refractivity contribution in [3.8, 4) is 28.7 Å². The van der Waals surface area contributed by atoms with Crippen molar-refractivity contribution in [3.63, 3.8) is 0 Å². The van der Waals surface area contributed by atoms with Gasteiger partial charge in [-0.05, 0) is 68.7 Å². The van der Waals surface area contributed by atoms with E-state index < -0.39 is 6.09 Å². The van der Waals surface area contributed by atoms with E-state index >= 15 is 0 Å². The zero-order valence-electron chi connectivity index (χ0n) is 19.9. The molecule has 0 unspecified atom stereocenters. The van der Waals surface area contributed by atoms with Gasteiger partial charge in [0.2, 0.25) is 5.82 Å². The second-order valence-electron chi connectivity index (χ2n) is 9.37. The lowest BCUT2D eigenvalue weighted by molar-refractivity contribution is 0.191. The van der Waals surface area contributed by atoms with Crippen LogP contribution in [0.25, 0.3) is 23.0 Å². The molecular formula is C24H31N5O4. The van der Waals surface area contributed by atoms with Gasteiger partial charge in [0.1, 0.15) is 18.1 Å².